The summed E-state index contributed by atoms with van der Waals surface area (Å²) in [7, 11) is 0. The molecule has 0 saturated heterocycles. The van der Waals surface area contributed by atoms with Gasteiger partial charge in [0, 0.05) is 5.02 Å². The molecule has 3 nitrogen and oxygen atoms in total. The van der Waals surface area contributed by atoms with Crippen LogP contribution in [0.3, 0.4) is 0 Å². The first-order chi connectivity index (χ1) is 10.2. The summed E-state index contributed by atoms with van der Waals surface area (Å²) in [5.74, 6) is 0. The van der Waals surface area contributed by atoms with E-state index in [4.69, 9.17) is 11.6 Å². The number of aromatic nitrogens is 2. The number of aryl methyl sites for hydroxylation is 1. The third-order valence-electron chi connectivity index (χ3n) is 3.11. The van der Waals surface area contributed by atoms with Crippen molar-refractivity contribution < 1.29 is 0 Å². The van der Waals surface area contributed by atoms with Gasteiger partial charge in [0.15, 0.2) is 10.3 Å². The summed E-state index contributed by atoms with van der Waals surface area (Å²) in [5, 5.41) is 5.72. The van der Waals surface area contributed by atoms with Crippen molar-refractivity contribution in [1.82, 2.24) is 9.97 Å². The van der Waals surface area contributed by atoms with Crippen LogP contribution in [0, 0.1) is 6.92 Å². The van der Waals surface area contributed by atoms with Crippen LogP contribution in [-0.4, -0.2) is 9.97 Å². The van der Waals surface area contributed by atoms with Crippen molar-refractivity contribution in [2.24, 2.45) is 0 Å². The molecule has 0 saturated carbocycles. The van der Waals surface area contributed by atoms with E-state index in [2.05, 4.69) is 34.3 Å². The van der Waals surface area contributed by atoms with E-state index < -0.39 is 0 Å². The van der Waals surface area contributed by atoms with Crippen LogP contribution in [0.1, 0.15) is 5.56 Å². The molecule has 2 aromatic heterocycles. The number of nitrogens with zero attached hydrogens (tertiary/aromatic N) is 2. The zero-order valence-electron chi connectivity index (χ0n) is 11.1. The van der Waals surface area contributed by atoms with Crippen LogP contribution in [0.2, 0.25) is 5.02 Å². The Morgan fingerprint density at radius 2 is 1.52 bits per heavy atom. The molecule has 21 heavy (non-hydrogen) atoms. The molecule has 0 aliphatic carbocycles. The van der Waals surface area contributed by atoms with Crippen molar-refractivity contribution in [2.45, 2.75) is 6.92 Å². The molecule has 0 aliphatic heterocycles. The van der Waals surface area contributed by atoms with Gasteiger partial charge in [-0.25, -0.2) is 9.97 Å². The molecule has 4 aromatic rings. The number of hydrogen-bond donors (Lipinski definition) is 1. The highest BCUT2D eigenvalue weighted by Crippen LogP contribution is 2.33. The summed E-state index contributed by atoms with van der Waals surface area (Å²) in [5.41, 5.74) is 3.20. The number of hydrogen-bond acceptors (Lipinski definition) is 5. The lowest BCUT2D eigenvalue weighted by molar-refractivity contribution is 1.40. The van der Waals surface area contributed by atoms with E-state index in [9.17, 15) is 0 Å². The van der Waals surface area contributed by atoms with E-state index in [0.29, 0.717) is 0 Å². The van der Waals surface area contributed by atoms with Crippen LogP contribution in [-0.2, 0) is 0 Å². The summed E-state index contributed by atoms with van der Waals surface area (Å²) >= 11 is 9.22. The molecule has 4 rings (SSSR count). The normalized spacial score (nSPS) is 11.3. The smallest absolute Gasteiger partial charge is 0.190 e. The van der Waals surface area contributed by atoms with Crippen LogP contribution in [0.25, 0.3) is 20.4 Å². The van der Waals surface area contributed by atoms with E-state index in [1.807, 2.05) is 24.3 Å². The predicted octanol–water partition coefficient (Wildman–Crippen LogP) is 5.61. The molecular formula is C15H10ClN3S2. The third-order valence-corrected chi connectivity index (χ3v) is 5.21. The molecule has 0 fully saturated rings. The first kappa shape index (κ1) is 13.0. The van der Waals surface area contributed by atoms with Gasteiger partial charge in [0.25, 0.3) is 0 Å². The Hall–Kier alpha value is -1.69. The molecule has 1 N–H and O–H groups in total. The van der Waals surface area contributed by atoms with Crippen molar-refractivity contribution in [1.29, 1.82) is 0 Å². The lowest BCUT2D eigenvalue weighted by Crippen LogP contribution is -1.86. The fourth-order valence-electron chi connectivity index (χ4n) is 2.13. The fraction of sp³-hybridized carbons (Fsp3) is 0.0667. The Morgan fingerprint density at radius 3 is 2.24 bits per heavy atom. The minimum absolute atomic E-state index is 0.730. The standard InChI is InChI=1S/C15H10ClN3S2/c1-8-2-4-10-12(6-8)20-14(17-10)19-15-18-11-5-3-9(16)7-13(11)21-15/h2-7H,1H3,(H,17,18,19). The second kappa shape index (κ2) is 4.94. The molecule has 0 atom stereocenters. The Bertz CT molecular complexity index is 880. The van der Waals surface area contributed by atoms with Gasteiger partial charge in [0.2, 0.25) is 0 Å². The zero-order valence-corrected chi connectivity index (χ0v) is 13.4. The Kier molecular flexibility index (Phi) is 3.06. The number of anilines is 2. The molecule has 0 spiro atoms. The minimum atomic E-state index is 0.730. The molecule has 0 unspecified atom stereocenters. The summed E-state index contributed by atoms with van der Waals surface area (Å²) in [4.78, 5) is 9.14. The lowest BCUT2D eigenvalue weighted by atomic mass is 10.2. The summed E-state index contributed by atoms with van der Waals surface area (Å²) < 4.78 is 2.25. The number of fused-ring (bicyclic) bond motifs is 2. The molecule has 6 heteroatoms. The summed E-state index contributed by atoms with van der Waals surface area (Å²) in [6.45, 7) is 2.09. The van der Waals surface area contributed by atoms with Gasteiger partial charge in [-0.1, -0.05) is 40.3 Å². The molecule has 2 aromatic carbocycles. The van der Waals surface area contributed by atoms with E-state index in [1.165, 1.54) is 10.3 Å². The second-order valence-electron chi connectivity index (χ2n) is 4.75. The number of thiazole rings is 2. The van der Waals surface area contributed by atoms with Gasteiger partial charge < -0.3 is 5.32 Å². The molecule has 0 bridgehead atoms. The summed E-state index contributed by atoms with van der Waals surface area (Å²) in [6.07, 6.45) is 0. The predicted molar refractivity (Wildman–Crippen MR) is 92.3 cm³/mol. The molecule has 2 heterocycles. The van der Waals surface area contributed by atoms with Crippen molar-refractivity contribution in [3.05, 3.63) is 47.0 Å². The fourth-order valence-corrected chi connectivity index (χ4v) is 4.30. The van der Waals surface area contributed by atoms with Gasteiger partial charge in [-0.3, -0.25) is 0 Å². The monoisotopic (exact) mass is 331 g/mol. The molecule has 0 radical (unpaired) electrons. The number of rotatable bonds is 2. The minimum Gasteiger partial charge on any atom is -0.307 e. The van der Waals surface area contributed by atoms with Gasteiger partial charge in [-0.05, 0) is 42.8 Å². The first-order valence-corrected chi connectivity index (χ1v) is 8.39. The number of benzene rings is 2. The molecular weight excluding hydrogens is 322 g/mol. The Labute approximate surface area is 134 Å². The summed E-state index contributed by atoms with van der Waals surface area (Å²) in [6, 6.07) is 12.0. The van der Waals surface area contributed by atoms with E-state index in [0.717, 1.165) is 31.0 Å². The van der Waals surface area contributed by atoms with Crippen molar-refractivity contribution in [3.63, 3.8) is 0 Å². The average molecular weight is 332 g/mol. The Morgan fingerprint density at radius 1 is 0.905 bits per heavy atom. The van der Waals surface area contributed by atoms with Crippen LogP contribution in [0.4, 0.5) is 10.3 Å². The van der Waals surface area contributed by atoms with Crippen molar-refractivity contribution in [2.75, 3.05) is 5.32 Å². The van der Waals surface area contributed by atoms with Crippen LogP contribution < -0.4 is 5.32 Å². The molecule has 0 amide bonds. The average Bonchev–Trinajstić information content (AvgIpc) is 3.00. The quantitative estimate of drug-likeness (QED) is 0.518. The highest BCUT2D eigenvalue weighted by Gasteiger charge is 2.08. The number of nitrogens with one attached hydrogen (secondary N) is 1. The largest absolute Gasteiger partial charge is 0.307 e. The van der Waals surface area contributed by atoms with Gasteiger partial charge in [-0.15, -0.1) is 0 Å². The molecule has 104 valence electrons. The van der Waals surface area contributed by atoms with E-state index in [1.54, 1.807) is 22.7 Å². The highest BCUT2D eigenvalue weighted by molar-refractivity contribution is 7.24. The van der Waals surface area contributed by atoms with Crippen molar-refractivity contribution in [3.8, 4) is 0 Å². The first-order valence-electron chi connectivity index (χ1n) is 6.38. The van der Waals surface area contributed by atoms with Crippen LogP contribution >= 0.6 is 34.3 Å². The second-order valence-corrected chi connectivity index (χ2v) is 7.24. The number of halogens is 1. The maximum atomic E-state index is 6.00. The third kappa shape index (κ3) is 2.48. The Balaban J connectivity index is 1.71. The lowest BCUT2D eigenvalue weighted by Gasteiger charge is -1.93. The van der Waals surface area contributed by atoms with Gasteiger partial charge in [0.1, 0.15) is 0 Å². The van der Waals surface area contributed by atoms with E-state index in [-0.39, 0.29) is 0 Å². The van der Waals surface area contributed by atoms with E-state index >= 15 is 0 Å². The molecule has 0 aliphatic rings. The topological polar surface area (TPSA) is 37.8 Å². The highest BCUT2D eigenvalue weighted by atomic mass is 35.5. The SMILES string of the molecule is Cc1ccc2nc(Nc3nc4ccc(Cl)cc4s3)sc2c1. The van der Waals surface area contributed by atoms with Crippen molar-refractivity contribution >= 4 is 65.0 Å². The zero-order chi connectivity index (χ0) is 14.4. The van der Waals surface area contributed by atoms with Gasteiger partial charge in [-0.2, -0.15) is 0 Å². The van der Waals surface area contributed by atoms with Crippen LogP contribution in [0.5, 0.6) is 0 Å². The maximum absolute atomic E-state index is 6.00. The van der Waals surface area contributed by atoms with Crippen LogP contribution in [0.15, 0.2) is 36.4 Å². The van der Waals surface area contributed by atoms with Gasteiger partial charge >= 0.3 is 0 Å². The van der Waals surface area contributed by atoms with Gasteiger partial charge in [0.05, 0.1) is 20.4 Å². The maximum Gasteiger partial charge on any atom is 0.190 e.